The fraction of sp³-hybridized carbons (Fsp3) is 0.353. The first kappa shape index (κ1) is 15.6. The Hall–Kier alpha value is -2.68. The molecule has 1 N–H and O–H groups in total. The number of allylic oxidation sites excluding steroid dienone is 2. The minimum absolute atomic E-state index is 0.149. The van der Waals surface area contributed by atoms with Gasteiger partial charge in [0.15, 0.2) is 0 Å². The van der Waals surface area contributed by atoms with Crippen LogP contribution in [0.4, 0.5) is 0 Å². The normalized spacial score (nSPS) is 23.5. The molecule has 132 valence electrons. The molecule has 1 amide bonds. The lowest BCUT2D eigenvalue weighted by Gasteiger charge is -2.24. The minimum Gasteiger partial charge on any atom is -0.492 e. The Labute approximate surface area is 153 Å². The number of carbonyl (C=O) groups excluding carboxylic acids is 1. The van der Waals surface area contributed by atoms with E-state index in [9.17, 15) is 4.79 Å². The Morgan fingerprint density at radius 1 is 1.38 bits per heavy atom. The zero-order chi connectivity index (χ0) is 17.7. The van der Waals surface area contributed by atoms with Crippen molar-refractivity contribution in [3.63, 3.8) is 0 Å². The third-order valence-corrected chi connectivity index (χ3v) is 6.12. The maximum atomic E-state index is 12.8. The Morgan fingerprint density at radius 3 is 3.00 bits per heavy atom. The molecule has 2 atom stereocenters. The van der Waals surface area contributed by atoms with Crippen LogP contribution in [0.25, 0.3) is 4.91 Å². The van der Waals surface area contributed by atoms with Crippen molar-refractivity contribution in [2.24, 2.45) is 4.99 Å². The fourth-order valence-corrected chi connectivity index (χ4v) is 4.89. The van der Waals surface area contributed by atoms with Gasteiger partial charge in [-0.15, -0.1) is 11.8 Å². The predicted octanol–water partition coefficient (Wildman–Crippen LogP) is 2.13. The van der Waals surface area contributed by atoms with Gasteiger partial charge in [0.05, 0.1) is 35.8 Å². The number of nitrogens with zero attached hydrogens (tertiary/aromatic N) is 5. The molecule has 2 aromatic heterocycles. The Morgan fingerprint density at radius 2 is 2.23 bits per heavy atom. The number of H-pyrrole nitrogens is 1. The maximum absolute atomic E-state index is 12.8. The van der Waals surface area contributed by atoms with Crippen molar-refractivity contribution in [2.45, 2.75) is 31.1 Å². The molecule has 2 aromatic rings. The summed E-state index contributed by atoms with van der Waals surface area (Å²) in [5.41, 5.74) is 3.74. The standard InChI is InChI=1S/C17H16N6O2S/c1-9(23-20-4-5-21-23)13-11-3-2-6-25-14-12(11)16(17(24)22-13)26-15(14)10-7-18-19-8-10/h4-5,7-9,16H,2-3,6H2,1H3,(H,18,19). The van der Waals surface area contributed by atoms with Gasteiger partial charge in [0.2, 0.25) is 0 Å². The highest BCUT2D eigenvalue weighted by molar-refractivity contribution is 8.10. The van der Waals surface area contributed by atoms with Gasteiger partial charge in [-0.2, -0.15) is 20.1 Å². The number of nitrogens with one attached hydrogen (secondary N) is 1. The van der Waals surface area contributed by atoms with E-state index >= 15 is 0 Å². The Balaban J connectivity index is 1.67. The van der Waals surface area contributed by atoms with Crippen LogP contribution in [0.3, 0.4) is 0 Å². The predicted molar refractivity (Wildman–Crippen MR) is 96.3 cm³/mol. The van der Waals surface area contributed by atoms with Crippen molar-refractivity contribution >= 4 is 28.3 Å². The van der Waals surface area contributed by atoms with Crippen LogP contribution in [0.1, 0.15) is 31.4 Å². The smallest absolute Gasteiger partial charge is 0.264 e. The summed E-state index contributed by atoms with van der Waals surface area (Å²) in [6.07, 6.45) is 8.54. The molecule has 5 heterocycles. The van der Waals surface area contributed by atoms with Gasteiger partial charge < -0.3 is 4.74 Å². The number of ether oxygens (including phenoxy) is 1. The number of amides is 1. The second-order valence-corrected chi connectivity index (χ2v) is 7.46. The summed E-state index contributed by atoms with van der Waals surface area (Å²) in [5.74, 6) is 0.652. The second kappa shape index (κ2) is 5.94. The number of thioether (sulfide) groups is 1. The summed E-state index contributed by atoms with van der Waals surface area (Å²) in [7, 11) is 0. The molecule has 3 aliphatic heterocycles. The Bertz CT molecular complexity index is 958. The number of dihydropyridines is 1. The largest absolute Gasteiger partial charge is 0.492 e. The molecule has 3 aliphatic rings. The van der Waals surface area contributed by atoms with Gasteiger partial charge in [0.1, 0.15) is 17.1 Å². The lowest BCUT2D eigenvalue weighted by atomic mass is 9.89. The average molecular weight is 368 g/mol. The van der Waals surface area contributed by atoms with E-state index in [4.69, 9.17) is 4.74 Å². The van der Waals surface area contributed by atoms with E-state index in [1.165, 1.54) is 11.8 Å². The topological polar surface area (TPSA) is 98.1 Å². The molecule has 5 rings (SSSR count). The molecule has 0 spiro atoms. The van der Waals surface area contributed by atoms with Crippen LogP contribution >= 0.6 is 11.8 Å². The summed E-state index contributed by atoms with van der Waals surface area (Å²) >= 11 is 1.50. The lowest BCUT2D eigenvalue weighted by Crippen LogP contribution is -2.31. The van der Waals surface area contributed by atoms with Crippen LogP contribution < -0.4 is 0 Å². The van der Waals surface area contributed by atoms with Crippen LogP contribution in [0.15, 0.2) is 46.7 Å². The van der Waals surface area contributed by atoms with Crippen molar-refractivity contribution in [1.29, 1.82) is 0 Å². The first-order valence-electron chi connectivity index (χ1n) is 8.49. The zero-order valence-corrected chi connectivity index (χ0v) is 14.9. The van der Waals surface area contributed by atoms with Gasteiger partial charge in [-0.25, -0.2) is 4.99 Å². The number of rotatable bonds is 3. The van der Waals surface area contributed by atoms with Crippen LogP contribution in [-0.4, -0.2) is 48.7 Å². The molecule has 9 heteroatoms. The van der Waals surface area contributed by atoms with E-state index in [2.05, 4.69) is 25.4 Å². The second-order valence-electron chi connectivity index (χ2n) is 6.35. The molecule has 0 saturated carbocycles. The monoisotopic (exact) mass is 368 g/mol. The van der Waals surface area contributed by atoms with Gasteiger partial charge in [0.25, 0.3) is 5.91 Å². The summed E-state index contributed by atoms with van der Waals surface area (Å²) < 4.78 is 6.08. The van der Waals surface area contributed by atoms with Crippen molar-refractivity contribution < 1.29 is 9.53 Å². The van der Waals surface area contributed by atoms with E-state index in [0.29, 0.717) is 6.61 Å². The van der Waals surface area contributed by atoms with E-state index in [-0.39, 0.29) is 17.2 Å². The number of aromatic nitrogens is 5. The first-order valence-corrected chi connectivity index (χ1v) is 9.37. The van der Waals surface area contributed by atoms with E-state index in [0.717, 1.165) is 45.9 Å². The molecule has 0 aliphatic carbocycles. The van der Waals surface area contributed by atoms with Crippen molar-refractivity contribution in [3.8, 4) is 0 Å². The van der Waals surface area contributed by atoms with Gasteiger partial charge >= 0.3 is 0 Å². The number of hydrogen-bond acceptors (Lipinski definition) is 6. The third kappa shape index (κ3) is 2.27. The molecular weight excluding hydrogens is 352 g/mol. The van der Waals surface area contributed by atoms with Gasteiger partial charge in [-0.05, 0) is 25.3 Å². The fourth-order valence-electron chi connectivity index (χ4n) is 3.61. The molecule has 8 nitrogen and oxygen atoms in total. The van der Waals surface area contributed by atoms with E-state index < -0.39 is 0 Å². The molecule has 0 fully saturated rings. The highest BCUT2D eigenvalue weighted by Crippen LogP contribution is 2.52. The van der Waals surface area contributed by atoms with Crippen LogP contribution in [0, 0.1) is 0 Å². The molecule has 0 radical (unpaired) electrons. The summed E-state index contributed by atoms with van der Waals surface area (Å²) in [5, 5.41) is 15.0. The van der Waals surface area contributed by atoms with Crippen molar-refractivity contribution in [1.82, 2.24) is 25.2 Å². The number of hydrogen-bond donors (Lipinski definition) is 1. The minimum atomic E-state index is -0.343. The molecule has 2 unspecified atom stereocenters. The van der Waals surface area contributed by atoms with Crippen LogP contribution in [-0.2, 0) is 9.53 Å². The van der Waals surface area contributed by atoms with Gasteiger partial charge in [0, 0.05) is 17.3 Å². The van der Waals surface area contributed by atoms with Crippen LogP contribution in [0.2, 0.25) is 0 Å². The average Bonchev–Trinajstić information content (AvgIpc) is 3.37. The SMILES string of the molecule is CC(C1=NC(=O)C2SC(c3cn[nH]c3)=C3OCCCC1=C32)n1nccn1. The van der Waals surface area contributed by atoms with Crippen molar-refractivity contribution in [3.05, 3.63) is 47.3 Å². The summed E-state index contributed by atoms with van der Waals surface area (Å²) in [4.78, 5) is 19.8. The summed E-state index contributed by atoms with van der Waals surface area (Å²) in [6.45, 7) is 2.58. The molecule has 26 heavy (non-hydrogen) atoms. The summed E-state index contributed by atoms with van der Waals surface area (Å²) in [6, 6.07) is -0.209. The molecule has 0 aromatic carbocycles. The van der Waals surface area contributed by atoms with Crippen LogP contribution in [0.5, 0.6) is 0 Å². The lowest BCUT2D eigenvalue weighted by molar-refractivity contribution is -0.116. The van der Waals surface area contributed by atoms with Gasteiger partial charge in [-0.3, -0.25) is 9.89 Å². The number of carbonyl (C=O) groups is 1. The van der Waals surface area contributed by atoms with Gasteiger partial charge in [-0.1, -0.05) is 0 Å². The van der Waals surface area contributed by atoms with Crippen molar-refractivity contribution in [2.75, 3.05) is 6.61 Å². The zero-order valence-electron chi connectivity index (χ0n) is 14.0. The number of aromatic amines is 1. The third-order valence-electron chi connectivity index (χ3n) is 4.79. The highest BCUT2D eigenvalue weighted by Gasteiger charge is 2.44. The molecular formula is C17H16N6O2S. The molecule has 0 saturated heterocycles. The quantitative estimate of drug-likeness (QED) is 0.891. The Kier molecular flexibility index (Phi) is 3.56. The van der Waals surface area contributed by atoms with E-state index in [1.807, 2.05) is 13.1 Å². The first-order chi connectivity index (χ1) is 12.7. The number of aliphatic imine (C=N–C) groups is 1. The maximum Gasteiger partial charge on any atom is 0.264 e. The van der Waals surface area contributed by atoms with E-state index in [1.54, 1.807) is 23.4 Å². The highest BCUT2D eigenvalue weighted by atomic mass is 32.2. The molecule has 0 bridgehead atoms.